The molecule has 16 heavy (non-hydrogen) atoms. The van der Waals surface area contributed by atoms with Gasteiger partial charge in [-0.25, -0.2) is 0 Å². The van der Waals surface area contributed by atoms with Gasteiger partial charge in [0.05, 0.1) is 0 Å². The molecule has 1 fully saturated rings. The first-order chi connectivity index (χ1) is 7.58. The maximum atomic E-state index is 2.56. The summed E-state index contributed by atoms with van der Waals surface area (Å²) in [5.41, 5.74) is 2.34. The van der Waals surface area contributed by atoms with Crippen LogP contribution in [0.5, 0.6) is 0 Å². The van der Waals surface area contributed by atoms with E-state index in [-0.39, 0.29) is 0 Å². The van der Waals surface area contributed by atoms with Crippen molar-refractivity contribution < 1.29 is 0 Å². The van der Waals surface area contributed by atoms with E-state index in [0.717, 1.165) is 17.8 Å². The first kappa shape index (κ1) is 12.2. The number of allylic oxidation sites excluding steroid dienone is 2. The van der Waals surface area contributed by atoms with Crippen LogP contribution >= 0.6 is 0 Å². The van der Waals surface area contributed by atoms with E-state index in [1.54, 1.807) is 5.57 Å². The first-order valence-electron chi connectivity index (χ1n) is 7.27. The van der Waals surface area contributed by atoms with Crippen LogP contribution < -0.4 is 0 Å². The number of fused-ring (bicyclic) bond motifs is 1. The molecule has 1 saturated carbocycles. The second-order valence-electron chi connectivity index (χ2n) is 6.51. The molecule has 0 amide bonds. The molecule has 0 radical (unpaired) electrons. The van der Waals surface area contributed by atoms with Crippen LogP contribution in [-0.2, 0) is 0 Å². The van der Waals surface area contributed by atoms with Crippen molar-refractivity contribution in [3.8, 4) is 0 Å². The Balaban J connectivity index is 2.16. The fraction of sp³-hybridized carbons (Fsp3) is 0.875. The molecule has 0 aromatic heterocycles. The van der Waals surface area contributed by atoms with Gasteiger partial charge in [-0.2, -0.15) is 0 Å². The molecular weight excluding hydrogens is 192 g/mol. The fourth-order valence-electron chi connectivity index (χ4n) is 3.90. The lowest BCUT2D eigenvalue weighted by Crippen LogP contribution is -2.37. The summed E-state index contributed by atoms with van der Waals surface area (Å²) in [4.78, 5) is 0. The van der Waals surface area contributed by atoms with E-state index in [4.69, 9.17) is 0 Å². The molecule has 2 rings (SSSR count). The number of hydrogen-bond donors (Lipinski definition) is 0. The topological polar surface area (TPSA) is 0 Å². The highest BCUT2D eigenvalue weighted by atomic mass is 14.5. The average Bonchev–Trinajstić information content (AvgIpc) is 2.29. The quantitative estimate of drug-likeness (QED) is 0.561. The van der Waals surface area contributed by atoms with Gasteiger partial charge in [-0.15, -0.1) is 0 Å². The molecule has 2 aliphatic rings. The third-order valence-corrected chi connectivity index (χ3v) is 5.73. The molecule has 92 valence electrons. The summed E-state index contributed by atoms with van der Waals surface area (Å²) >= 11 is 0. The van der Waals surface area contributed by atoms with Crippen molar-refractivity contribution in [1.82, 2.24) is 0 Å². The summed E-state index contributed by atoms with van der Waals surface area (Å²) in [7, 11) is 0. The third-order valence-electron chi connectivity index (χ3n) is 5.73. The van der Waals surface area contributed by atoms with Crippen LogP contribution in [0.4, 0.5) is 0 Å². The van der Waals surface area contributed by atoms with Gasteiger partial charge in [0.1, 0.15) is 0 Å². The Bertz CT molecular complexity index is 276. The molecule has 0 spiro atoms. The van der Waals surface area contributed by atoms with Gasteiger partial charge in [-0.3, -0.25) is 0 Å². The lowest BCUT2D eigenvalue weighted by Gasteiger charge is -2.48. The van der Waals surface area contributed by atoms with Gasteiger partial charge in [-0.1, -0.05) is 45.8 Å². The number of rotatable bonds is 2. The first-order valence-corrected chi connectivity index (χ1v) is 7.27. The molecule has 0 heteroatoms. The minimum absolute atomic E-state index is 0.546. The molecule has 0 saturated heterocycles. The smallest absolute Gasteiger partial charge is 0.00879 e. The van der Waals surface area contributed by atoms with Crippen LogP contribution in [0.1, 0.15) is 66.2 Å². The van der Waals surface area contributed by atoms with Crippen molar-refractivity contribution in [2.75, 3.05) is 0 Å². The van der Waals surface area contributed by atoms with Gasteiger partial charge >= 0.3 is 0 Å². The van der Waals surface area contributed by atoms with E-state index in [1.165, 1.54) is 38.5 Å². The van der Waals surface area contributed by atoms with Gasteiger partial charge in [0.25, 0.3) is 0 Å². The molecule has 1 unspecified atom stereocenters. The zero-order valence-electron chi connectivity index (χ0n) is 11.6. The van der Waals surface area contributed by atoms with Crippen molar-refractivity contribution in [2.45, 2.75) is 66.2 Å². The molecule has 0 aliphatic heterocycles. The summed E-state index contributed by atoms with van der Waals surface area (Å²) in [6.45, 7) is 9.82. The molecule has 2 aliphatic carbocycles. The maximum Gasteiger partial charge on any atom is -0.00879 e. The Labute approximate surface area is 102 Å². The molecule has 0 aromatic carbocycles. The van der Waals surface area contributed by atoms with E-state index < -0.39 is 0 Å². The lowest BCUT2D eigenvalue weighted by atomic mass is 9.57. The van der Waals surface area contributed by atoms with Gasteiger partial charge in [0.2, 0.25) is 0 Å². The van der Waals surface area contributed by atoms with Crippen molar-refractivity contribution in [3.63, 3.8) is 0 Å². The van der Waals surface area contributed by atoms with E-state index in [9.17, 15) is 0 Å². The molecule has 0 aromatic rings. The van der Waals surface area contributed by atoms with Crippen LogP contribution in [0.2, 0.25) is 0 Å². The van der Waals surface area contributed by atoms with Crippen molar-refractivity contribution >= 4 is 0 Å². The van der Waals surface area contributed by atoms with E-state index in [2.05, 4.69) is 33.8 Å². The Morgan fingerprint density at radius 2 is 2.19 bits per heavy atom. The Morgan fingerprint density at radius 3 is 2.88 bits per heavy atom. The zero-order chi connectivity index (χ0) is 11.8. The lowest BCUT2D eigenvalue weighted by molar-refractivity contribution is 0.111. The van der Waals surface area contributed by atoms with Crippen LogP contribution in [-0.4, -0.2) is 0 Å². The minimum atomic E-state index is 0.546. The monoisotopic (exact) mass is 220 g/mol. The fourth-order valence-corrected chi connectivity index (χ4v) is 3.90. The Morgan fingerprint density at radius 1 is 1.44 bits per heavy atom. The second kappa shape index (κ2) is 4.55. The SMILES string of the molecule is CCC(C)[C@@H]1CCC2=CCC[C@@H](C)[C@]2(C)C1. The van der Waals surface area contributed by atoms with Gasteiger partial charge in [-0.05, 0) is 55.3 Å². The molecule has 0 nitrogen and oxygen atoms in total. The molecule has 0 bridgehead atoms. The van der Waals surface area contributed by atoms with Crippen LogP contribution in [0.25, 0.3) is 0 Å². The minimum Gasteiger partial charge on any atom is -0.0848 e. The van der Waals surface area contributed by atoms with E-state index >= 15 is 0 Å². The standard InChI is InChI=1S/C16H28/c1-5-12(2)14-9-10-15-8-6-7-13(3)16(15,4)11-14/h8,12-14H,5-7,9-11H2,1-4H3/t12?,13-,14-,16+/m1/s1. The van der Waals surface area contributed by atoms with E-state index in [0.29, 0.717) is 5.41 Å². The third kappa shape index (κ3) is 1.96. The summed E-state index contributed by atoms with van der Waals surface area (Å²) < 4.78 is 0. The van der Waals surface area contributed by atoms with Crippen molar-refractivity contribution in [3.05, 3.63) is 11.6 Å². The van der Waals surface area contributed by atoms with Gasteiger partial charge in [0, 0.05) is 0 Å². The normalized spacial score (nSPS) is 41.1. The highest BCUT2D eigenvalue weighted by molar-refractivity contribution is 5.21. The summed E-state index contributed by atoms with van der Waals surface area (Å²) in [5, 5.41) is 0. The molecule has 4 atom stereocenters. The summed E-state index contributed by atoms with van der Waals surface area (Å²) in [6, 6.07) is 0. The number of hydrogen-bond acceptors (Lipinski definition) is 0. The Kier molecular flexibility index (Phi) is 3.47. The summed E-state index contributed by atoms with van der Waals surface area (Å²) in [6.07, 6.45) is 10.9. The predicted octanol–water partition coefficient (Wildman–Crippen LogP) is 5.20. The van der Waals surface area contributed by atoms with Crippen molar-refractivity contribution in [2.24, 2.45) is 23.2 Å². The Hall–Kier alpha value is -0.260. The zero-order valence-corrected chi connectivity index (χ0v) is 11.6. The van der Waals surface area contributed by atoms with Crippen LogP contribution in [0.15, 0.2) is 11.6 Å². The van der Waals surface area contributed by atoms with Gasteiger partial charge < -0.3 is 0 Å². The average molecular weight is 220 g/mol. The van der Waals surface area contributed by atoms with Crippen LogP contribution in [0.3, 0.4) is 0 Å². The van der Waals surface area contributed by atoms with Crippen LogP contribution in [0, 0.1) is 23.2 Å². The highest BCUT2D eigenvalue weighted by Gasteiger charge is 2.42. The predicted molar refractivity (Wildman–Crippen MR) is 71.4 cm³/mol. The van der Waals surface area contributed by atoms with Crippen molar-refractivity contribution in [1.29, 1.82) is 0 Å². The molecular formula is C16H28. The van der Waals surface area contributed by atoms with E-state index in [1.807, 2.05) is 0 Å². The second-order valence-corrected chi connectivity index (χ2v) is 6.51. The molecule has 0 N–H and O–H groups in total. The maximum absolute atomic E-state index is 2.56. The largest absolute Gasteiger partial charge is 0.0848 e. The molecule has 0 heterocycles. The summed E-state index contributed by atoms with van der Waals surface area (Å²) in [5.74, 6) is 2.81. The highest BCUT2D eigenvalue weighted by Crippen LogP contribution is 2.53. The van der Waals surface area contributed by atoms with Gasteiger partial charge in [0.15, 0.2) is 0 Å².